The number of rotatable bonds is 28. The Morgan fingerprint density at radius 2 is 0.833 bits per heavy atom. The summed E-state index contributed by atoms with van der Waals surface area (Å²) in [6.07, 6.45) is 32.0. The molecule has 212 valence electrons. The van der Waals surface area contributed by atoms with Gasteiger partial charge in [-0.25, -0.2) is 0 Å². The Morgan fingerprint density at radius 3 is 1.33 bits per heavy atom. The molecule has 0 saturated heterocycles. The minimum Gasteiger partial charge on any atom is -0.466 e. The van der Waals surface area contributed by atoms with Crippen molar-refractivity contribution in [2.75, 3.05) is 13.2 Å². The van der Waals surface area contributed by atoms with Crippen LogP contribution in [0.5, 0.6) is 0 Å². The zero-order valence-electron chi connectivity index (χ0n) is 24.2. The first-order chi connectivity index (χ1) is 17.7. The van der Waals surface area contributed by atoms with Gasteiger partial charge in [-0.05, 0) is 38.5 Å². The molecule has 0 aliphatic rings. The van der Waals surface area contributed by atoms with E-state index in [9.17, 15) is 9.59 Å². The Hall–Kier alpha value is -1.32. The van der Waals surface area contributed by atoms with Gasteiger partial charge >= 0.3 is 11.9 Å². The predicted octanol–water partition coefficient (Wildman–Crippen LogP) is 10.0. The molecule has 0 aromatic heterocycles. The van der Waals surface area contributed by atoms with Crippen molar-refractivity contribution in [3.8, 4) is 0 Å². The van der Waals surface area contributed by atoms with Gasteiger partial charge in [0.2, 0.25) is 0 Å². The Morgan fingerprint density at radius 1 is 0.444 bits per heavy atom. The van der Waals surface area contributed by atoms with Crippen molar-refractivity contribution in [3.05, 3.63) is 12.2 Å². The molecule has 0 aliphatic heterocycles. The van der Waals surface area contributed by atoms with E-state index in [0.717, 1.165) is 44.9 Å². The second-order valence-electron chi connectivity index (χ2n) is 10.4. The fraction of sp³-hybridized carbons (Fsp3) is 0.875. The normalized spacial score (nSPS) is 11.3. The third-order valence-corrected chi connectivity index (χ3v) is 6.71. The van der Waals surface area contributed by atoms with Crippen LogP contribution in [0.25, 0.3) is 0 Å². The molecule has 0 aromatic rings. The molecule has 4 nitrogen and oxygen atoms in total. The molecule has 0 unspecified atom stereocenters. The number of unbranched alkanes of at least 4 members (excludes halogenated alkanes) is 18. The van der Waals surface area contributed by atoms with Crippen LogP contribution in [0.15, 0.2) is 12.2 Å². The van der Waals surface area contributed by atoms with Crippen molar-refractivity contribution in [2.45, 2.75) is 168 Å². The number of hydrogen-bond donors (Lipinski definition) is 0. The lowest BCUT2D eigenvalue weighted by molar-refractivity contribution is -0.144. The molecule has 0 atom stereocenters. The molecule has 0 amide bonds. The van der Waals surface area contributed by atoms with Crippen LogP contribution in [0.4, 0.5) is 0 Å². The fourth-order valence-corrected chi connectivity index (χ4v) is 4.31. The molecule has 0 fully saturated rings. The molecule has 0 saturated carbocycles. The van der Waals surface area contributed by atoms with Gasteiger partial charge in [0.25, 0.3) is 0 Å². The minimum atomic E-state index is -0.0541. The topological polar surface area (TPSA) is 52.6 Å². The molecular weight excluding hydrogens is 448 g/mol. The van der Waals surface area contributed by atoms with E-state index in [-0.39, 0.29) is 11.9 Å². The summed E-state index contributed by atoms with van der Waals surface area (Å²) in [6.45, 7) is 5.57. The molecule has 0 bridgehead atoms. The maximum absolute atomic E-state index is 11.7. The van der Waals surface area contributed by atoms with Crippen molar-refractivity contribution in [3.63, 3.8) is 0 Å². The van der Waals surface area contributed by atoms with E-state index in [0.29, 0.717) is 26.1 Å². The zero-order valence-corrected chi connectivity index (χ0v) is 24.2. The van der Waals surface area contributed by atoms with Crippen LogP contribution >= 0.6 is 0 Å². The van der Waals surface area contributed by atoms with Gasteiger partial charge in [-0.15, -0.1) is 0 Å². The summed E-state index contributed by atoms with van der Waals surface area (Å²) in [4.78, 5) is 23.3. The van der Waals surface area contributed by atoms with Gasteiger partial charge in [-0.3, -0.25) is 9.59 Å². The molecule has 0 N–H and O–H groups in total. The highest BCUT2D eigenvalue weighted by molar-refractivity contribution is 5.69. The van der Waals surface area contributed by atoms with Crippen LogP contribution in [0.1, 0.15) is 168 Å². The molecule has 0 aromatic carbocycles. The Kier molecular flexibility index (Phi) is 28.8. The zero-order chi connectivity index (χ0) is 26.4. The monoisotopic (exact) mass is 508 g/mol. The van der Waals surface area contributed by atoms with Crippen molar-refractivity contribution in [2.24, 2.45) is 0 Å². The van der Waals surface area contributed by atoms with Crippen LogP contribution in [0.2, 0.25) is 0 Å². The number of esters is 2. The third kappa shape index (κ3) is 28.9. The van der Waals surface area contributed by atoms with Gasteiger partial charge < -0.3 is 9.47 Å². The lowest BCUT2D eigenvalue weighted by Crippen LogP contribution is -2.05. The van der Waals surface area contributed by atoms with Crippen LogP contribution in [0, 0.1) is 0 Å². The smallest absolute Gasteiger partial charge is 0.306 e. The summed E-state index contributed by atoms with van der Waals surface area (Å²) in [7, 11) is 0. The van der Waals surface area contributed by atoms with Gasteiger partial charge in [0.05, 0.1) is 13.2 Å². The molecule has 0 aliphatic carbocycles. The number of ether oxygens (including phenoxy) is 2. The van der Waals surface area contributed by atoms with Crippen LogP contribution in [-0.2, 0) is 19.1 Å². The van der Waals surface area contributed by atoms with Gasteiger partial charge in [-0.2, -0.15) is 0 Å². The average Bonchev–Trinajstić information content (AvgIpc) is 2.87. The summed E-state index contributed by atoms with van der Waals surface area (Å²) >= 11 is 0. The molecule has 0 radical (unpaired) electrons. The highest BCUT2D eigenvalue weighted by atomic mass is 16.5. The van der Waals surface area contributed by atoms with Crippen molar-refractivity contribution >= 4 is 11.9 Å². The number of carbonyl (C=O) groups is 2. The first-order valence-electron chi connectivity index (χ1n) is 15.7. The average molecular weight is 509 g/mol. The molecule has 36 heavy (non-hydrogen) atoms. The highest BCUT2D eigenvalue weighted by Crippen LogP contribution is 2.13. The number of carbonyl (C=O) groups excluding carboxylic acids is 2. The first-order valence-corrected chi connectivity index (χ1v) is 15.7. The van der Waals surface area contributed by atoms with E-state index in [1.165, 1.54) is 96.3 Å². The summed E-state index contributed by atoms with van der Waals surface area (Å²) in [5.74, 6) is -0.0607. The van der Waals surface area contributed by atoms with Gasteiger partial charge in [-0.1, -0.05) is 129 Å². The van der Waals surface area contributed by atoms with E-state index in [4.69, 9.17) is 9.47 Å². The SMILES string of the molecule is CCCCCCOC(=O)CC/C=C/CCCCCCCCCCCCCCC(=O)OCCCCCC. The van der Waals surface area contributed by atoms with E-state index in [1.54, 1.807) is 0 Å². The van der Waals surface area contributed by atoms with E-state index in [1.807, 2.05) is 0 Å². The standard InChI is InChI=1S/C32H60O4/c1-3-5-7-25-29-35-31(33)27-23-21-19-17-15-13-11-9-10-12-14-16-18-20-22-24-28-32(34)36-30-26-8-6-4-2/h19,21H,3-18,20,22-30H2,1-2H3/b21-19+. The maximum Gasteiger partial charge on any atom is 0.306 e. The molecule has 0 rings (SSSR count). The second kappa shape index (κ2) is 29.9. The van der Waals surface area contributed by atoms with Crippen molar-refractivity contribution < 1.29 is 19.1 Å². The maximum atomic E-state index is 11.7. The summed E-state index contributed by atoms with van der Waals surface area (Å²) in [5.41, 5.74) is 0. The molecular formula is C32H60O4. The first kappa shape index (κ1) is 34.7. The fourth-order valence-electron chi connectivity index (χ4n) is 4.31. The van der Waals surface area contributed by atoms with E-state index in [2.05, 4.69) is 26.0 Å². The lowest BCUT2D eigenvalue weighted by atomic mass is 10.0. The Balaban J connectivity index is 3.23. The second-order valence-corrected chi connectivity index (χ2v) is 10.4. The lowest BCUT2D eigenvalue weighted by Gasteiger charge is -2.05. The van der Waals surface area contributed by atoms with Gasteiger partial charge in [0.15, 0.2) is 0 Å². The van der Waals surface area contributed by atoms with Crippen molar-refractivity contribution in [1.29, 1.82) is 0 Å². The largest absolute Gasteiger partial charge is 0.466 e. The highest BCUT2D eigenvalue weighted by Gasteiger charge is 2.03. The summed E-state index contributed by atoms with van der Waals surface area (Å²) in [6, 6.07) is 0. The Bertz CT molecular complexity index is 500. The Labute approximate surface area is 224 Å². The number of hydrogen-bond acceptors (Lipinski definition) is 4. The quantitative estimate of drug-likeness (QED) is 0.0599. The molecule has 0 spiro atoms. The molecule has 4 heteroatoms. The van der Waals surface area contributed by atoms with Gasteiger partial charge in [0.1, 0.15) is 0 Å². The van der Waals surface area contributed by atoms with Gasteiger partial charge in [0, 0.05) is 12.8 Å². The number of allylic oxidation sites excluding steroid dienone is 2. The third-order valence-electron chi connectivity index (χ3n) is 6.71. The summed E-state index contributed by atoms with van der Waals surface area (Å²) in [5, 5.41) is 0. The van der Waals surface area contributed by atoms with Crippen molar-refractivity contribution in [1.82, 2.24) is 0 Å². The predicted molar refractivity (Wildman–Crippen MR) is 153 cm³/mol. The minimum absolute atomic E-state index is 0.00656. The summed E-state index contributed by atoms with van der Waals surface area (Å²) < 4.78 is 10.5. The molecule has 0 heterocycles. The van der Waals surface area contributed by atoms with Crippen LogP contribution < -0.4 is 0 Å². The van der Waals surface area contributed by atoms with E-state index >= 15 is 0 Å². The van der Waals surface area contributed by atoms with Crippen LogP contribution in [0.3, 0.4) is 0 Å². The van der Waals surface area contributed by atoms with Crippen LogP contribution in [-0.4, -0.2) is 25.2 Å². The van der Waals surface area contributed by atoms with E-state index < -0.39 is 0 Å².